The van der Waals surface area contributed by atoms with Crippen molar-refractivity contribution in [1.29, 1.82) is 0 Å². The van der Waals surface area contributed by atoms with E-state index in [4.69, 9.17) is 16.0 Å². The average Bonchev–Trinajstić information content (AvgIpc) is 2.88. The van der Waals surface area contributed by atoms with Crippen molar-refractivity contribution in [1.82, 2.24) is 4.90 Å². The second kappa shape index (κ2) is 7.73. The number of carbonyl (C=O) groups excluding carboxylic acids is 1. The van der Waals surface area contributed by atoms with Gasteiger partial charge in [-0.25, -0.2) is 4.39 Å². The third-order valence-electron chi connectivity index (χ3n) is 7.13. The third kappa shape index (κ3) is 4.31. The fourth-order valence-corrected chi connectivity index (χ4v) is 5.87. The number of benzene rings is 1. The monoisotopic (exact) mass is 425 g/mol. The molecule has 1 saturated heterocycles. The number of halogens is 2. The molecular weight excluding hydrogens is 393 g/mol. The van der Waals surface area contributed by atoms with Crippen molar-refractivity contribution in [2.45, 2.75) is 83.7 Å². The summed E-state index contributed by atoms with van der Waals surface area (Å²) in [5, 5.41) is 0.594. The molecule has 3 nitrogen and oxygen atoms in total. The van der Waals surface area contributed by atoms with Crippen LogP contribution in [-0.4, -0.2) is 31.8 Å². The maximum Gasteiger partial charge on any atom is 0.229 e. The molecule has 2 fully saturated rings. The van der Waals surface area contributed by atoms with E-state index >= 15 is 0 Å². The van der Waals surface area contributed by atoms with Crippen LogP contribution < -0.4 is 0 Å². The summed E-state index contributed by atoms with van der Waals surface area (Å²) in [6.07, 6.45) is 4.90. The Morgan fingerprint density at radius 2 is 1.89 bits per heavy atom. The lowest BCUT2D eigenvalue weighted by molar-refractivity contribution is -0.139. The largest absolute Gasteiger partial charge is 0.414 e. The summed E-state index contributed by atoms with van der Waals surface area (Å²) in [7, 11) is -1.78. The van der Waals surface area contributed by atoms with Gasteiger partial charge < -0.3 is 9.33 Å². The van der Waals surface area contributed by atoms with Crippen LogP contribution in [0.1, 0.15) is 58.4 Å². The summed E-state index contributed by atoms with van der Waals surface area (Å²) in [4.78, 5) is 15.1. The van der Waals surface area contributed by atoms with Crippen molar-refractivity contribution in [3.8, 4) is 0 Å². The lowest BCUT2D eigenvalue weighted by Gasteiger charge is -2.43. The quantitative estimate of drug-likeness (QED) is 0.540. The first-order valence-corrected chi connectivity index (χ1v) is 13.6. The van der Waals surface area contributed by atoms with Gasteiger partial charge in [-0.1, -0.05) is 38.4 Å². The van der Waals surface area contributed by atoms with Crippen LogP contribution in [-0.2, 0) is 15.8 Å². The van der Waals surface area contributed by atoms with Crippen molar-refractivity contribution < 1.29 is 13.6 Å². The Morgan fingerprint density at radius 1 is 1.25 bits per heavy atom. The van der Waals surface area contributed by atoms with Gasteiger partial charge in [0, 0.05) is 24.2 Å². The molecule has 3 rings (SSSR count). The molecule has 1 aliphatic heterocycles. The zero-order valence-corrected chi connectivity index (χ0v) is 19.5. The Bertz CT molecular complexity index is 739. The number of rotatable bonds is 4. The number of hydrogen-bond acceptors (Lipinski definition) is 2. The Kier molecular flexibility index (Phi) is 6.01. The van der Waals surface area contributed by atoms with E-state index in [2.05, 4.69) is 33.9 Å². The minimum Gasteiger partial charge on any atom is -0.414 e. The second-order valence-electron chi connectivity index (χ2n) is 10.1. The zero-order valence-electron chi connectivity index (χ0n) is 17.8. The van der Waals surface area contributed by atoms with Gasteiger partial charge in [0.15, 0.2) is 8.32 Å². The van der Waals surface area contributed by atoms with Crippen LogP contribution in [0, 0.1) is 11.2 Å². The molecule has 1 spiro atoms. The van der Waals surface area contributed by atoms with Gasteiger partial charge >= 0.3 is 0 Å². The number of hydrogen-bond donors (Lipinski definition) is 0. The van der Waals surface area contributed by atoms with Crippen LogP contribution in [0.3, 0.4) is 0 Å². The fraction of sp³-hybridized carbons (Fsp3) is 0.682. The molecular formula is C22H33ClFNO2Si. The molecule has 1 aromatic carbocycles. The zero-order chi connectivity index (χ0) is 20.7. The molecule has 0 unspecified atom stereocenters. The SMILES string of the molecule is CC(C)(C)[Si](C)(C)OC1CCC2(CC1)CCN(Cc1ccc(F)cc1Cl)C2=O. The smallest absolute Gasteiger partial charge is 0.229 e. The first-order chi connectivity index (χ1) is 12.9. The van der Waals surface area contributed by atoms with Crippen molar-refractivity contribution in [2.75, 3.05) is 6.54 Å². The maximum absolute atomic E-state index is 13.3. The molecule has 6 heteroatoms. The van der Waals surface area contributed by atoms with Crippen LogP contribution in [0.15, 0.2) is 18.2 Å². The van der Waals surface area contributed by atoms with Crippen LogP contribution >= 0.6 is 11.6 Å². The molecule has 28 heavy (non-hydrogen) atoms. The number of nitrogens with zero attached hydrogens (tertiary/aromatic N) is 1. The summed E-state index contributed by atoms with van der Waals surface area (Å²) >= 11 is 6.16. The molecule has 1 heterocycles. The van der Waals surface area contributed by atoms with Gasteiger partial charge in [0.25, 0.3) is 0 Å². The molecule has 1 aromatic rings. The molecule has 0 radical (unpaired) electrons. The van der Waals surface area contributed by atoms with Crippen molar-refractivity contribution >= 4 is 25.8 Å². The van der Waals surface area contributed by atoms with Gasteiger partial charge in [-0.3, -0.25) is 4.79 Å². The minimum absolute atomic E-state index is 0.205. The molecule has 156 valence electrons. The van der Waals surface area contributed by atoms with Crippen LogP contribution in [0.5, 0.6) is 0 Å². The molecule has 1 amide bonds. The summed E-state index contributed by atoms with van der Waals surface area (Å²) < 4.78 is 19.9. The standard InChI is InChI=1S/C22H33ClFNO2Si/c1-21(2,3)28(4,5)27-18-8-10-22(11-9-18)12-13-25(20(22)26)15-16-6-7-17(24)14-19(16)23/h6-7,14,18H,8-13,15H2,1-5H3. The van der Waals surface area contributed by atoms with E-state index in [0.717, 1.165) is 44.2 Å². The predicted octanol–water partition coefficient (Wildman–Crippen LogP) is 6.16. The summed E-state index contributed by atoms with van der Waals surface area (Å²) in [5.74, 6) is -0.114. The number of amides is 1. The van der Waals surface area contributed by atoms with Crippen LogP contribution in [0.25, 0.3) is 0 Å². The maximum atomic E-state index is 13.3. The Morgan fingerprint density at radius 3 is 2.46 bits per heavy atom. The Balaban J connectivity index is 1.61. The molecule has 0 atom stereocenters. The molecule has 2 aliphatic rings. The highest BCUT2D eigenvalue weighted by Crippen LogP contribution is 2.47. The minimum atomic E-state index is -1.78. The Hall–Kier alpha value is -0.913. The average molecular weight is 426 g/mol. The first kappa shape index (κ1) is 21.8. The van der Waals surface area contributed by atoms with E-state index in [9.17, 15) is 9.18 Å². The van der Waals surface area contributed by atoms with Crippen LogP contribution in [0.2, 0.25) is 23.2 Å². The molecule has 0 N–H and O–H groups in total. The first-order valence-electron chi connectivity index (χ1n) is 10.3. The van der Waals surface area contributed by atoms with E-state index in [-0.39, 0.29) is 28.3 Å². The van der Waals surface area contributed by atoms with E-state index in [1.54, 1.807) is 6.07 Å². The second-order valence-corrected chi connectivity index (χ2v) is 15.2. The molecule has 1 saturated carbocycles. The van der Waals surface area contributed by atoms with Gasteiger partial charge in [0.05, 0.1) is 5.41 Å². The van der Waals surface area contributed by atoms with E-state index in [1.807, 2.05) is 4.90 Å². The summed E-state index contributed by atoms with van der Waals surface area (Å²) in [6, 6.07) is 4.40. The lowest BCUT2D eigenvalue weighted by atomic mass is 9.72. The topological polar surface area (TPSA) is 29.5 Å². The number of likely N-dealkylation sites (tertiary alicyclic amines) is 1. The fourth-order valence-electron chi connectivity index (χ4n) is 4.22. The predicted molar refractivity (Wildman–Crippen MR) is 114 cm³/mol. The van der Waals surface area contributed by atoms with Crippen molar-refractivity contribution in [2.24, 2.45) is 5.41 Å². The molecule has 0 bridgehead atoms. The van der Waals surface area contributed by atoms with E-state index in [0.29, 0.717) is 11.6 Å². The van der Waals surface area contributed by atoms with E-state index < -0.39 is 8.32 Å². The summed E-state index contributed by atoms with van der Waals surface area (Å²) in [6.45, 7) is 12.6. The normalized spacial score (nSPS) is 26.3. The van der Waals surface area contributed by atoms with Gasteiger partial charge in [0.1, 0.15) is 5.82 Å². The molecule has 0 aromatic heterocycles. The Labute approximate surface area is 174 Å². The highest BCUT2D eigenvalue weighted by Gasteiger charge is 2.49. The van der Waals surface area contributed by atoms with Gasteiger partial charge in [-0.15, -0.1) is 0 Å². The highest BCUT2D eigenvalue weighted by molar-refractivity contribution is 6.74. The van der Waals surface area contributed by atoms with E-state index in [1.165, 1.54) is 12.1 Å². The number of carbonyl (C=O) groups is 1. The highest BCUT2D eigenvalue weighted by atomic mass is 35.5. The summed E-state index contributed by atoms with van der Waals surface area (Å²) in [5.41, 5.74) is 0.572. The van der Waals surface area contributed by atoms with Crippen LogP contribution in [0.4, 0.5) is 4.39 Å². The van der Waals surface area contributed by atoms with Crippen molar-refractivity contribution in [3.05, 3.63) is 34.6 Å². The third-order valence-corrected chi connectivity index (χ3v) is 12.0. The van der Waals surface area contributed by atoms with Gasteiger partial charge in [-0.2, -0.15) is 0 Å². The van der Waals surface area contributed by atoms with Gasteiger partial charge in [-0.05, 0) is 67.9 Å². The lowest BCUT2D eigenvalue weighted by Crippen LogP contribution is -2.46. The van der Waals surface area contributed by atoms with Crippen molar-refractivity contribution in [3.63, 3.8) is 0 Å². The molecule has 1 aliphatic carbocycles. The van der Waals surface area contributed by atoms with Gasteiger partial charge in [0.2, 0.25) is 5.91 Å².